The number of carbonyl (C=O) groups excluding carboxylic acids is 2. The molecule has 0 aromatic carbocycles. The molecule has 5 aliphatic rings. The van der Waals surface area contributed by atoms with E-state index in [-0.39, 0.29) is 69.6 Å². The molecule has 2 N–H and O–H groups in total. The fraction of sp³-hybridized carbons (Fsp3) is 0.842. The van der Waals surface area contributed by atoms with Gasteiger partial charge in [-0.15, -0.1) is 0 Å². The Hall–Kier alpha value is -2.26. The number of ether oxygens (including phenoxy) is 3. The lowest BCUT2D eigenvalue weighted by Crippen LogP contribution is -2.66. The predicted molar refractivity (Wildman–Crippen MR) is 178 cm³/mol. The summed E-state index contributed by atoms with van der Waals surface area (Å²) in [6.45, 7) is 16.9. The van der Waals surface area contributed by atoms with Gasteiger partial charge in [0.2, 0.25) is 0 Å². The zero-order valence-electron chi connectivity index (χ0n) is 30.3. The molecule has 4 fully saturated rings. The fourth-order valence-electron chi connectivity index (χ4n) is 11.2. The Labute approximate surface area is 281 Å². The maximum Gasteiger partial charge on any atom is 0.309 e. The largest absolute Gasteiger partial charge is 0.481 e. The van der Waals surface area contributed by atoms with Crippen LogP contribution in [-0.4, -0.2) is 67.4 Å². The first-order valence-corrected chi connectivity index (χ1v) is 17.6. The van der Waals surface area contributed by atoms with Crippen LogP contribution in [0.2, 0.25) is 0 Å². The van der Waals surface area contributed by atoms with Gasteiger partial charge in [0.25, 0.3) is 0 Å². The number of allylic oxidation sites excluding steroid dienone is 2. The summed E-state index contributed by atoms with van der Waals surface area (Å²) in [6, 6.07) is 0. The molecule has 5 rings (SSSR count). The van der Waals surface area contributed by atoms with Crippen molar-refractivity contribution < 1.29 is 43.6 Å². The van der Waals surface area contributed by atoms with Crippen LogP contribution in [0.25, 0.3) is 0 Å². The van der Waals surface area contributed by atoms with Crippen molar-refractivity contribution in [2.75, 3.05) is 27.4 Å². The van der Waals surface area contributed by atoms with E-state index in [1.807, 2.05) is 13.0 Å². The zero-order valence-corrected chi connectivity index (χ0v) is 30.3. The van der Waals surface area contributed by atoms with Gasteiger partial charge in [0, 0.05) is 25.6 Å². The monoisotopic (exact) mass is 660 g/mol. The minimum absolute atomic E-state index is 0.0233. The first-order valence-electron chi connectivity index (χ1n) is 17.6. The summed E-state index contributed by atoms with van der Waals surface area (Å²) >= 11 is 0. The molecule has 266 valence electrons. The molecule has 0 aliphatic heterocycles. The number of carbonyl (C=O) groups is 4. The summed E-state index contributed by atoms with van der Waals surface area (Å²) in [6.07, 6.45) is 8.80. The van der Waals surface area contributed by atoms with Crippen LogP contribution in [0.5, 0.6) is 0 Å². The van der Waals surface area contributed by atoms with E-state index in [0.717, 1.165) is 38.5 Å². The lowest BCUT2D eigenvalue weighted by molar-refractivity contribution is -0.211. The van der Waals surface area contributed by atoms with Crippen LogP contribution in [0, 0.1) is 50.2 Å². The molecule has 0 spiro atoms. The predicted octanol–water partition coefficient (Wildman–Crippen LogP) is 7.11. The van der Waals surface area contributed by atoms with Crippen molar-refractivity contribution in [3.8, 4) is 0 Å². The molecule has 9 nitrogen and oxygen atoms in total. The average Bonchev–Trinajstić information content (AvgIpc) is 2.98. The van der Waals surface area contributed by atoms with Gasteiger partial charge in [-0.05, 0) is 104 Å². The quantitative estimate of drug-likeness (QED) is 0.206. The van der Waals surface area contributed by atoms with Crippen molar-refractivity contribution in [2.45, 2.75) is 125 Å². The van der Waals surface area contributed by atoms with Gasteiger partial charge >= 0.3 is 17.9 Å². The van der Waals surface area contributed by atoms with Gasteiger partial charge in [0.15, 0.2) is 5.78 Å². The van der Waals surface area contributed by atoms with Crippen LogP contribution >= 0.6 is 0 Å². The highest BCUT2D eigenvalue weighted by Crippen LogP contribution is 2.75. The normalized spacial score (nSPS) is 41.8. The smallest absolute Gasteiger partial charge is 0.309 e. The molecule has 9 atom stereocenters. The summed E-state index contributed by atoms with van der Waals surface area (Å²) in [5.41, 5.74) is -0.553. The van der Waals surface area contributed by atoms with E-state index in [1.54, 1.807) is 14.2 Å². The molecule has 4 saturated carbocycles. The second kappa shape index (κ2) is 13.2. The van der Waals surface area contributed by atoms with Gasteiger partial charge in [-0.1, -0.05) is 47.1 Å². The van der Waals surface area contributed by atoms with Crippen molar-refractivity contribution in [1.29, 1.82) is 0 Å². The zero-order chi connectivity index (χ0) is 35.2. The third kappa shape index (κ3) is 6.33. The number of methoxy groups -OCH3 is 2. The van der Waals surface area contributed by atoms with Crippen LogP contribution in [0.1, 0.15) is 119 Å². The Balaban J connectivity index is 0.000000762. The topological polar surface area (TPSA) is 136 Å². The van der Waals surface area contributed by atoms with Crippen LogP contribution in [-0.2, 0) is 33.4 Å². The van der Waals surface area contributed by atoms with Crippen molar-refractivity contribution in [3.05, 3.63) is 11.6 Å². The van der Waals surface area contributed by atoms with Crippen LogP contribution < -0.4 is 0 Å². The van der Waals surface area contributed by atoms with E-state index in [1.165, 1.54) is 5.57 Å². The summed E-state index contributed by atoms with van der Waals surface area (Å²) in [7, 11) is 3.30. The number of fused-ring (bicyclic) bond motifs is 7. The molecule has 0 amide bonds. The van der Waals surface area contributed by atoms with E-state index in [9.17, 15) is 24.3 Å². The molecule has 9 heteroatoms. The van der Waals surface area contributed by atoms with E-state index >= 15 is 0 Å². The first kappa shape index (κ1) is 37.6. The Morgan fingerprint density at radius 1 is 0.830 bits per heavy atom. The van der Waals surface area contributed by atoms with Gasteiger partial charge in [-0.3, -0.25) is 19.2 Å². The lowest BCUT2D eigenvalue weighted by Gasteiger charge is -2.70. The molecule has 0 unspecified atom stereocenters. The standard InChI is InChI=1S/C34H50O7.C4H10O2/c1-29(2)23-10-13-34(7)27(32(23,5)12-11-24(29)41-26(38)9-8-25(36)37)22(35)18-20-21-19-31(4,28(39)40)15-14-30(21,3)16-17-33(20,34)6;1-5-3-4-6-2/h18,21,23-24,27H,8-17,19H2,1-7H3,(H,36,37)(H,39,40);3-4H2,1-2H3/t21-,23-,24-,27+,30+,31-,32-,33+,34+;/m0./s1. The second-order valence-electron chi connectivity index (χ2n) is 17.3. The number of hydrogen-bond acceptors (Lipinski definition) is 7. The van der Waals surface area contributed by atoms with Gasteiger partial charge < -0.3 is 24.4 Å². The van der Waals surface area contributed by atoms with E-state index < -0.39 is 23.3 Å². The van der Waals surface area contributed by atoms with Gasteiger partial charge in [-0.25, -0.2) is 0 Å². The lowest BCUT2D eigenvalue weighted by atomic mass is 9.33. The van der Waals surface area contributed by atoms with Crippen molar-refractivity contribution >= 4 is 23.7 Å². The minimum atomic E-state index is -1.01. The van der Waals surface area contributed by atoms with Crippen LogP contribution in [0.4, 0.5) is 0 Å². The number of carboxylic acids is 2. The van der Waals surface area contributed by atoms with Gasteiger partial charge in [-0.2, -0.15) is 0 Å². The summed E-state index contributed by atoms with van der Waals surface area (Å²) in [5, 5.41) is 19.1. The second-order valence-corrected chi connectivity index (χ2v) is 17.3. The summed E-state index contributed by atoms with van der Waals surface area (Å²) < 4.78 is 15.2. The number of hydrogen-bond donors (Lipinski definition) is 2. The molecule has 0 aromatic heterocycles. The minimum Gasteiger partial charge on any atom is -0.481 e. The first-order chi connectivity index (χ1) is 21.8. The average molecular weight is 661 g/mol. The molecule has 0 bridgehead atoms. The number of aliphatic carboxylic acids is 2. The Morgan fingerprint density at radius 3 is 2.02 bits per heavy atom. The number of carboxylic acid groups (broad SMARTS) is 2. The Morgan fingerprint density at radius 2 is 1.45 bits per heavy atom. The molecular formula is C38H60O9. The van der Waals surface area contributed by atoms with E-state index in [2.05, 4.69) is 51.0 Å². The third-order valence-electron chi connectivity index (χ3n) is 14.3. The Kier molecular flexibility index (Phi) is 10.6. The van der Waals surface area contributed by atoms with Gasteiger partial charge in [0.05, 0.1) is 31.5 Å². The molecule has 0 radical (unpaired) electrons. The van der Waals surface area contributed by atoms with Crippen molar-refractivity contribution in [1.82, 2.24) is 0 Å². The maximum absolute atomic E-state index is 14.5. The number of esters is 1. The fourth-order valence-corrected chi connectivity index (χ4v) is 11.2. The molecule has 0 aromatic rings. The molecule has 0 saturated heterocycles. The number of rotatable bonds is 8. The van der Waals surface area contributed by atoms with E-state index in [4.69, 9.17) is 9.84 Å². The van der Waals surface area contributed by atoms with E-state index in [0.29, 0.717) is 32.5 Å². The molecule has 47 heavy (non-hydrogen) atoms. The maximum atomic E-state index is 14.5. The van der Waals surface area contributed by atoms with Gasteiger partial charge in [0.1, 0.15) is 6.10 Å². The molecule has 5 aliphatic carbocycles. The Bertz CT molecular complexity index is 1270. The summed E-state index contributed by atoms with van der Waals surface area (Å²) in [5.74, 6) is -1.87. The van der Waals surface area contributed by atoms with Crippen LogP contribution in [0.15, 0.2) is 11.6 Å². The van der Waals surface area contributed by atoms with Crippen LogP contribution in [0.3, 0.4) is 0 Å². The SMILES string of the molecule is CC1(C)[C@@H](OC(=O)CCC(=O)O)CC[C@]2(C)[C@H]3C(=O)C=C4[C@@H]5C[C@@](C)(C(=O)O)CC[C@]5(C)CC[C@@]4(C)[C@]3(C)CC[C@@H]12.COCCOC. The highest BCUT2D eigenvalue weighted by Gasteiger charge is 2.70. The van der Waals surface area contributed by atoms with Crippen molar-refractivity contribution in [2.24, 2.45) is 50.2 Å². The number of ketones is 1. The third-order valence-corrected chi connectivity index (χ3v) is 14.3. The van der Waals surface area contributed by atoms with Crippen molar-refractivity contribution in [3.63, 3.8) is 0 Å². The molecule has 0 heterocycles. The molecular weight excluding hydrogens is 600 g/mol. The summed E-state index contributed by atoms with van der Waals surface area (Å²) in [4.78, 5) is 50.3. The highest BCUT2D eigenvalue weighted by atomic mass is 16.5. The highest BCUT2D eigenvalue weighted by molar-refractivity contribution is 5.95.